The summed E-state index contributed by atoms with van der Waals surface area (Å²) in [6.45, 7) is 2.59. The summed E-state index contributed by atoms with van der Waals surface area (Å²) in [5.74, 6) is 0.0713. The Hall–Kier alpha value is -3.09. The van der Waals surface area contributed by atoms with E-state index >= 15 is 0 Å². The molecule has 0 radical (unpaired) electrons. The lowest BCUT2D eigenvalue weighted by atomic mass is 10.1. The van der Waals surface area contributed by atoms with Crippen LogP contribution in [0.5, 0.6) is 5.75 Å². The number of carbonyl (C=O) groups excluding carboxylic acids is 1. The minimum atomic E-state index is -0.740. The van der Waals surface area contributed by atoms with Crippen LogP contribution in [0.2, 0.25) is 0 Å². The molecule has 0 heterocycles. The Labute approximate surface area is 145 Å². The Morgan fingerprint density at radius 3 is 2.60 bits per heavy atom. The highest BCUT2D eigenvalue weighted by atomic mass is 16.6. The number of nitro benzene ring substituents is 1. The maximum Gasteiger partial charge on any atom is 0.344 e. The van der Waals surface area contributed by atoms with Gasteiger partial charge in [0.05, 0.1) is 19.1 Å². The lowest BCUT2D eigenvalue weighted by Gasteiger charge is -2.11. The topological polar surface area (TPSA) is 90.7 Å². The van der Waals surface area contributed by atoms with Crippen molar-refractivity contribution in [2.75, 3.05) is 26.1 Å². The van der Waals surface area contributed by atoms with Gasteiger partial charge in [-0.1, -0.05) is 17.7 Å². The Balaban J connectivity index is 2.12. The van der Waals surface area contributed by atoms with Gasteiger partial charge in [-0.05, 0) is 37.1 Å². The van der Waals surface area contributed by atoms with E-state index in [0.717, 1.165) is 16.9 Å². The van der Waals surface area contributed by atoms with Crippen molar-refractivity contribution in [3.8, 4) is 5.75 Å². The van der Waals surface area contributed by atoms with E-state index in [1.807, 2.05) is 19.1 Å². The molecule has 1 N–H and O–H groups in total. The van der Waals surface area contributed by atoms with E-state index in [4.69, 9.17) is 4.74 Å². The first-order valence-corrected chi connectivity index (χ1v) is 7.70. The summed E-state index contributed by atoms with van der Waals surface area (Å²) < 4.78 is 9.96. The van der Waals surface area contributed by atoms with Gasteiger partial charge in [0, 0.05) is 18.3 Å². The predicted molar refractivity (Wildman–Crippen MR) is 94.4 cm³/mol. The van der Waals surface area contributed by atoms with Gasteiger partial charge >= 0.3 is 5.97 Å². The summed E-state index contributed by atoms with van der Waals surface area (Å²) in [6, 6.07) is 10.2. The average Bonchev–Trinajstić information content (AvgIpc) is 2.61. The van der Waals surface area contributed by atoms with Gasteiger partial charge in [0.2, 0.25) is 0 Å². The van der Waals surface area contributed by atoms with Crippen LogP contribution in [-0.2, 0) is 11.2 Å². The van der Waals surface area contributed by atoms with Crippen LogP contribution < -0.4 is 10.1 Å². The number of hydrogen-bond acceptors (Lipinski definition) is 6. The molecular formula is C18H20N2O5. The molecule has 0 spiro atoms. The molecule has 2 aromatic carbocycles. The molecule has 0 atom stereocenters. The number of aryl methyl sites for hydroxylation is 1. The van der Waals surface area contributed by atoms with E-state index < -0.39 is 10.9 Å². The number of carbonyl (C=O) groups is 1. The van der Waals surface area contributed by atoms with Crippen molar-refractivity contribution in [3.05, 3.63) is 63.2 Å². The molecule has 0 aliphatic heterocycles. The number of anilines is 1. The molecule has 0 aliphatic rings. The molecule has 7 nitrogen and oxygen atoms in total. The summed E-state index contributed by atoms with van der Waals surface area (Å²) in [5, 5.41) is 14.2. The van der Waals surface area contributed by atoms with Gasteiger partial charge in [0.25, 0.3) is 5.69 Å². The molecule has 2 aromatic rings. The van der Waals surface area contributed by atoms with E-state index in [1.165, 1.54) is 19.2 Å². The number of nitro groups is 1. The van der Waals surface area contributed by atoms with Gasteiger partial charge in [0.1, 0.15) is 11.3 Å². The van der Waals surface area contributed by atoms with Crippen LogP contribution in [0.3, 0.4) is 0 Å². The third kappa shape index (κ3) is 4.47. The molecule has 7 heteroatoms. The minimum absolute atomic E-state index is 0.0781. The summed E-state index contributed by atoms with van der Waals surface area (Å²) in [7, 11) is 2.82. The zero-order valence-electron chi connectivity index (χ0n) is 14.4. The van der Waals surface area contributed by atoms with Crippen molar-refractivity contribution in [2.45, 2.75) is 13.3 Å². The van der Waals surface area contributed by atoms with Gasteiger partial charge in [-0.2, -0.15) is 0 Å². The smallest absolute Gasteiger partial charge is 0.344 e. The molecule has 0 aliphatic carbocycles. The molecule has 25 heavy (non-hydrogen) atoms. The second-order valence-electron chi connectivity index (χ2n) is 5.47. The molecule has 0 bridgehead atoms. The summed E-state index contributed by atoms with van der Waals surface area (Å²) in [6.07, 6.45) is 0.704. The van der Waals surface area contributed by atoms with Crippen molar-refractivity contribution in [1.82, 2.24) is 0 Å². The summed E-state index contributed by atoms with van der Waals surface area (Å²) in [4.78, 5) is 22.2. The number of benzene rings is 2. The fraction of sp³-hybridized carbons (Fsp3) is 0.278. The predicted octanol–water partition coefficient (Wildman–Crippen LogP) is 3.35. The molecule has 0 aromatic heterocycles. The number of nitrogens with zero attached hydrogens (tertiary/aromatic N) is 1. The van der Waals surface area contributed by atoms with Gasteiger partial charge in [-0.15, -0.1) is 0 Å². The Morgan fingerprint density at radius 2 is 1.96 bits per heavy atom. The van der Waals surface area contributed by atoms with Gasteiger partial charge in [-0.3, -0.25) is 10.1 Å². The third-order valence-corrected chi connectivity index (χ3v) is 3.76. The first-order valence-electron chi connectivity index (χ1n) is 7.70. The molecule has 2 rings (SSSR count). The molecule has 0 saturated carbocycles. The fourth-order valence-corrected chi connectivity index (χ4v) is 2.52. The monoisotopic (exact) mass is 344 g/mol. The molecule has 132 valence electrons. The summed E-state index contributed by atoms with van der Waals surface area (Å²) in [5.41, 5.74) is 2.45. The SMILES string of the molecule is COC(=O)c1cc(NCCc2cc(C)ccc2OC)ccc1[N+](=O)[O-]. The van der Waals surface area contributed by atoms with Crippen LogP contribution in [0.4, 0.5) is 11.4 Å². The Kier molecular flexibility index (Phi) is 5.94. The lowest BCUT2D eigenvalue weighted by molar-refractivity contribution is -0.385. The van der Waals surface area contributed by atoms with E-state index in [1.54, 1.807) is 13.2 Å². The van der Waals surface area contributed by atoms with E-state index in [0.29, 0.717) is 18.7 Å². The van der Waals surface area contributed by atoms with Crippen molar-refractivity contribution >= 4 is 17.3 Å². The maximum absolute atomic E-state index is 11.7. The Morgan fingerprint density at radius 1 is 1.20 bits per heavy atom. The molecule has 0 unspecified atom stereocenters. The minimum Gasteiger partial charge on any atom is -0.496 e. The first-order chi connectivity index (χ1) is 12.0. The van der Waals surface area contributed by atoms with Crippen LogP contribution in [0, 0.1) is 17.0 Å². The van der Waals surface area contributed by atoms with Crippen LogP contribution in [0.15, 0.2) is 36.4 Å². The van der Waals surface area contributed by atoms with Crippen molar-refractivity contribution in [2.24, 2.45) is 0 Å². The van der Waals surface area contributed by atoms with Crippen LogP contribution in [-0.4, -0.2) is 31.7 Å². The highest BCUT2D eigenvalue weighted by molar-refractivity contribution is 5.95. The number of methoxy groups -OCH3 is 2. The second-order valence-corrected chi connectivity index (χ2v) is 5.47. The normalized spacial score (nSPS) is 10.2. The van der Waals surface area contributed by atoms with E-state index in [9.17, 15) is 14.9 Å². The zero-order chi connectivity index (χ0) is 18.4. The van der Waals surface area contributed by atoms with Gasteiger partial charge < -0.3 is 14.8 Å². The molecule has 0 saturated heterocycles. The quantitative estimate of drug-likeness (QED) is 0.470. The highest BCUT2D eigenvalue weighted by Crippen LogP contribution is 2.24. The first kappa shape index (κ1) is 18.3. The molecular weight excluding hydrogens is 324 g/mol. The maximum atomic E-state index is 11.7. The van der Waals surface area contributed by atoms with Crippen LogP contribution in [0.1, 0.15) is 21.5 Å². The number of rotatable bonds is 7. The fourth-order valence-electron chi connectivity index (χ4n) is 2.52. The molecule has 0 amide bonds. The standard InChI is InChI=1S/C18H20N2O5/c1-12-4-7-17(24-2)13(10-12)8-9-19-14-5-6-16(20(22)23)15(11-14)18(21)25-3/h4-7,10-11,19H,8-9H2,1-3H3. The highest BCUT2D eigenvalue weighted by Gasteiger charge is 2.21. The number of nitrogens with one attached hydrogen (secondary N) is 1. The van der Waals surface area contributed by atoms with E-state index in [-0.39, 0.29) is 11.3 Å². The number of ether oxygens (including phenoxy) is 2. The summed E-state index contributed by atoms with van der Waals surface area (Å²) >= 11 is 0. The molecule has 0 fully saturated rings. The zero-order valence-corrected chi connectivity index (χ0v) is 14.4. The number of esters is 1. The number of hydrogen-bond donors (Lipinski definition) is 1. The van der Waals surface area contributed by atoms with Gasteiger partial charge in [0.15, 0.2) is 0 Å². The average molecular weight is 344 g/mol. The largest absolute Gasteiger partial charge is 0.496 e. The van der Waals surface area contributed by atoms with Crippen molar-refractivity contribution < 1.29 is 19.2 Å². The second kappa shape index (κ2) is 8.14. The van der Waals surface area contributed by atoms with Crippen molar-refractivity contribution in [3.63, 3.8) is 0 Å². The lowest BCUT2D eigenvalue weighted by Crippen LogP contribution is -2.09. The van der Waals surface area contributed by atoms with Crippen LogP contribution >= 0.6 is 0 Å². The third-order valence-electron chi connectivity index (χ3n) is 3.76. The van der Waals surface area contributed by atoms with E-state index in [2.05, 4.69) is 16.1 Å². The van der Waals surface area contributed by atoms with Gasteiger partial charge in [-0.25, -0.2) is 4.79 Å². The van der Waals surface area contributed by atoms with Crippen molar-refractivity contribution in [1.29, 1.82) is 0 Å². The Bertz CT molecular complexity index is 789. The van der Waals surface area contributed by atoms with Crippen LogP contribution in [0.25, 0.3) is 0 Å².